The lowest BCUT2D eigenvalue weighted by Crippen LogP contribution is -2.64. The van der Waals surface area contributed by atoms with Gasteiger partial charge in [0.2, 0.25) is 0 Å². The van der Waals surface area contributed by atoms with Crippen molar-refractivity contribution in [2.45, 2.75) is 130 Å². The molecule has 5 aliphatic rings. The van der Waals surface area contributed by atoms with E-state index in [4.69, 9.17) is 18.9 Å². The first-order valence-electron chi connectivity index (χ1n) is 17.8. The molecule has 0 radical (unpaired) electrons. The fourth-order valence-corrected chi connectivity index (χ4v) is 10.7. The van der Waals surface area contributed by atoms with E-state index in [9.17, 15) is 24.6 Å². The molecule has 4 aliphatic carbocycles. The third-order valence-electron chi connectivity index (χ3n) is 12.7. The summed E-state index contributed by atoms with van der Waals surface area (Å²) in [4.78, 5) is 39.8. The summed E-state index contributed by atoms with van der Waals surface area (Å²) in [5.41, 5.74) is -2.44. The molecule has 0 spiro atoms. The number of methoxy groups -OCH3 is 1. The monoisotopic (exact) mass is 647 g/mol. The number of alkyl carbamates (subject to hydrolysis) is 1. The van der Waals surface area contributed by atoms with Crippen LogP contribution in [0.15, 0.2) is 11.6 Å². The molecule has 3 saturated carbocycles. The highest BCUT2D eigenvalue weighted by atomic mass is 16.7. The minimum absolute atomic E-state index is 0.00522. The van der Waals surface area contributed by atoms with Crippen LogP contribution in [-0.4, -0.2) is 79.5 Å². The second kappa shape index (κ2) is 13.8. The standard InChI is InChI=1S/C36H57NO9/c1-7-8-9-10-11-12-15-37-33(42)46-30-28(39)31(45-23(5)29(30)43-6)44-20-35-18-25-22(4)13-14-26(25)34(19-38)17-24(35)16-27(21(2)3)36(34,35)32(40)41/h16,19,21-26,28-31,39H,7-15,17-18,20H2,1-6H3,(H,37,42)(H,40,41)/t22-,23-,24?,25-,26-,28?,29-,30+,31-,34?,35?,36?/m1/s1. The molecule has 46 heavy (non-hydrogen) atoms. The molecule has 1 heterocycles. The fraction of sp³-hybridized carbons (Fsp3) is 0.861. The van der Waals surface area contributed by atoms with E-state index < -0.39 is 59.0 Å². The average Bonchev–Trinajstić information content (AvgIpc) is 3.59. The summed E-state index contributed by atoms with van der Waals surface area (Å²) >= 11 is 0. The highest BCUT2D eigenvalue weighted by Crippen LogP contribution is 2.82. The van der Waals surface area contributed by atoms with Gasteiger partial charge in [-0.15, -0.1) is 0 Å². The first kappa shape index (κ1) is 35.3. The van der Waals surface area contributed by atoms with Gasteiger partial charge in [-0.05, 0) is 62.2 Å². The largest absolute Gasteiger partial charge is 0.481 e. The quantitative estimate of drug-likeness (QED) is 0.119. The number of allylic oxidation sites excluding steroid dienone is 1. The molecule has 0 aromatic carbocycles. The van der Waals surface area contributed by atoms with Crippen LogP contribution >= 0.6 is 0 Å². The maximum atomic E-state index is 13.7. The number of aliphatic hydroxyl groups is 1. The van der Waals surface area contributed by atoms with Crippen molar-refractivity contribution in [2.24, 2.45) is 45.8 Å². The second-order valence-electron chi connectivity index (χ2n) is 15.3. The van der Waals surface area contributed by atoms with Gasteiger partial charge in [0.15, 0.2) is 12.4 Å². The van der Waals surface area contributed by atoms with Crippen molar-refractivity contribution in [3.8, 4) is 0 Å². The maximum absolute atomic E-state index is 13.7. The summed E-state index contributed by atoms with van der Waals surface area (Å²) in [5.74, 6) is -0.547. The Balaban J connectivity index is 1.35. The number of aliphatic carboxylic acids is 1. The highest BCUT2D eigenvalue weighted by Gasteiger charge is 2.84. The Bertz CT molecular complexity index is 1160. The van der Waals surface area contributed by atoms with Gasteiger partial charge in [0.05, 0.1) is 18.1 Å². The maximum Gasteiger partial charge on any atom is 0.407 e. The molecule has 10 heteroatoms. The molecule has 1 aliphatic heterocycles. The van der Waals surface area contributed by atoms with Gasteiger partial charge in [0.1, 0.15) is 23.9 Å². The van der Waals surface area contributed by atoms with E-state index in [1.807, 2.05) is 13.8 Å². The number of hydrogen-bond acceptors (Lipinski definition) is 8. The van der Waals surface area contributed by atoms with Gasteiger partial charge in [-0.3, -0.25) is 4.79 Å². The van der Waals surface area contributed by atoms with Crippen LogP contribution < -0.4 is 5.32 Å². The van der Waals surface area contributed by atoms with Crippen LogP contribution in [0.25, 0.3) is 0 Å². The number of amides is 1. The number of unbranched alkanes of at least 4 members (excludes halogenated alkanes) is 5. The average molecular weight is 648 g/mol. The van der Waals surface area contributed by atoms with Crippen molar-refractivity contribution < 1.29 is 43.5 Å². The van der Waals surface area contributed by atoms with Crippen LogP contribution in [-0.2, 0) is 28.5 Å². The zero-order valence-corrected chi connectivity index (χ0v) is 28.7. The summed E-state index contributed by atoms with van der Waals surface area (Å²) in [6.07, 6.45) is 7.10. The molecular weight excluding hydrogens is 590 g/mol. The van der Waals surface area contributed by atoms with Gasteiger partial charge < -0.3 is 39.3 Å². The van der Waals surface area contributed by atoms with Crippen LogP contribution in [0.2, 0.25) is 0 Å². The van der Waals surface area contributed by atoms with E-state index in [2.05, 4.69) is 25.2 Å². The molecule has 1 saturated heterocycles. The molecule has 260 valence electrons. The topological polar surface area (TPSA) is 141 Å². The normalized spacial score (nSPS) is 42.5. The molecule has 0 aromatic rings. The van der Waals surface area contributed by atoms with Gasteiger partial charge in [0.25, 0.3) is 0 Å². The van der Waals surface area contributed by atoms with E-state index in [0.29, 0.717) is 25.3 Å². The number of carboxylic acids is 1. The van der Waals surface area contributed by atoms with Crippen LogP contribution in [0, 0.1) is 45.8 Å². The predicted molar refractivity (Wildman–Crippen MR) is 171 cm³/mol. The summed E-state index contributed by atoms with van der Waals surface area (Å²) < 4.78 is 24.0. The Hall–Kier alpha value is -2.01. The predicted octanol–water partition coefficient (Wildman–Crippen LogP) is 5.50. The second-order valence-corrected chi connectivity index (χ2v) is 15.3. The van der Waals surface area contributed by atoms with E-state index in [1.165, 1.54) is 26.4 Å². The lowest BCUT2D eigenvalue weighted by molar-refractivity contribution is -0.306. The third kappa shape index (κ3) is 5.34. The summed E-state index contributed by atoms with van der Waals surface area (Å²) in [5, 5.41) is 25.5. The molecular formula is C36H57NO9. The number of rotatable bonds is 15. The first-order valence-corrected chi connectivity index (χ1v) is 17.8. The van der Waals surface area contributed by atoms with Crippen LogP contribution in [0.4, 0.5) is 4.79 Å². The number of hydrogen-bond donors (Lipinski definition) is 3. The molecule has 0 aromatic heterocycles. The van der Waals surface area contributed by atoms with Gasteiger partial charge in [-0.2, -0.15) is 0 Å². The lowest BCUT2D eigenvalue weighted by atomic mass is 9.43. The highest BCUT2D eigenvalue weighted by molar-refractivity contribution is 5.90. The SMILES string of the molecule is CCCCCCCCNC(=O)O[C@H]1C(O)[C@H](OCC23C[C@@H]4[C@H](C)CC[C@H]4C4(C=O)CC2C=C(C(C)C)C34C(=O)O)O[C@H](C)[C@H]1OC. The van der Waals surface area contributed by atoms with Gasteiger partial charge in [0, 0.05) is 19.1 Å². The van der Waals surface area contributed by atoms with Crippen molar-refractivity contribution in [1.29, 1.82) is 0 Å². The van der Waals surface area contributed by atoms with Gasteiger partial charge in [-0.1, -0.05) is 77.9 Å². The van der Waals surface area contributed by atoms with E-state index >= 15 is 0 Å². The van der Waals surface area contributed by atoms with Crippen LogP contribution in [0.3, 0.4) is 0 Å². The number of fused-ring (bicyclic) bond motifs is 2. The Morgan fingerprint density at radius 1 is 1.11 bits per heavy atom. The molecule has 12 atom stereocenters. The van der Waals surface area contributed by atoms with Crippen molar-refractivity contribution >= 4 is 18.3 Å². The fourth-order valence-electron chi connectivity index (χ4n) is 10.7. The minimum Gasteiger partial charge on any atom is -0.481 e. The Labute approximate surface area is 274 Å². The van der Waals surface area contributed by atoms with Crippen LogP contribution in [0.1, 0.15) is 98.8 Å². The molecule has 5 unspecified atom stereocenters. The zero-order valence-electron chi connectivity index (χ0n) is 28.7. The summed E-state index contributed by atoms with van der Waals surface area (Å²) in [6.45, 7) is 10.7. The third-order valence-corrected chi connectivity index (χ3v) is 12.7. The summed E-state index contributed by atoms with van der Waals surface area (Å²) in [6, 6.07) is 0. The molecule has 4 fully saturated rings. The minimum atomic E-state index is -1.39. The molecule has 5 rings (SSSR count). The lowest BCUT2D eigenvalue weighted by Gasteiger charge is -2.58. The first-order chi connectivity index (χ1) is 21.9. The number of carbonyl (C=O) groups excluding carboxylic acids is 2. The number of nitrogens with one attached hydrogen (secondary N) is 1. The van der Waals surface area contributed by atoms with Crippen LogP contribution in [0.5, 0.6) is 0 Å². The number of aldehydes is 1. The molecule has 3 N–H and O–H groups in total. The Morgan fingerprint density at radius 2 is 1.83 bits per heavy atom. The molecule has 1 amide bonds. The number of ether oxygens (including phenoxy) is 4. The van der Waals surface area contributed by atoms with E-state index in [-0.39, 0.29) is 30.3 Å². The summed E-state index contributed by atoms with van der Waals surface area (Å²) in [7, 11) is 1.48. The smallest absolute Gasteiger partial charge is 0.407 e. The number of aliphatic hydroxyl groups excluding tert-OH is 1. The number of carboxylic acid groups (broad SMARTS) is 1. The van der Waals surface area contributed by atoms with Gasteiger partial charge >= 0.3 is 12.1 Å². The Kier molecular flexibility index (Phi) is 10.6. The van der Waals surface area contributed by atoms with Crippen molar-refractivity contribution in [3.63, 3.8) is 0 Å². The zero-order chi connectivity index (χ0) is 33.4. The Morgan fingerprint density at radius 3 is 2.48 bits per heavy atom. The van der Waals surface area contributed by atoms with Crippen molar-refractivity contribution in [2.75, 3.05) is 20.3 Å². The molecule has 4 bridgehead atoms. The van der Waals surface area contributed by atoms with Gasteiger partial charge in [-0.25, -0.2) is 4.79 Å². The van der Waals surface area contributed by atoms with E-state index in [1.54, 1.807) is 6.92 Å². The van der Waals surface area contributed by atoms with Crippen molar-refractivity contribution in [3.05, 3.63) is 11.6 Å². The number of carbonyl (C=O) groups is 3. The van der Waals surface area contributed by atoms with Crippen molar-refractivity contribution in [1.82, 2.24) is 5.32 Å². The van der Waals surface area contributed by atoms with E-state index in [0.717, 1.165) is 44.0 Å². The molecule has 10 nitrogen and oxygen atoms in total.